The van der Waals surface area contributed by atoms with Crippen molar-refractivity contribution in [2.45, 2.75) is 31.6 Å². The van der Waals surface area contributed by atoms with Crippen molar-refractivity contribution in [2.75, 3.05) is 18.8 Å². The molecular formula is C17H25ClN4OS. The normalized spacial score (nSPS) is 21.7. The molecule has 2 aromatic rings. The lowest BCUT2D eigenvalue weighted by Gasteiger charge is -2.22. The molecule has 1 aliphatic heterocycles. The third-order valence-corrected chi connectivity index (χ3v) is 5.70. The average molecular weight is 369 g/mol. The van der Waals surface area contributed by atoms with E-state index >= 15 is 0 Å². The van der Waals surface area contributed by atoms with Gasteiger partial charge in [0, 0.05) is 12.6 Å². The SMILES string of the molecule is CC(SCC(=O)N1CC(CN)CC1C)c1nc2ccccc2[nH]1.Cl. The first-order valence-electron chi connectivity index (χ1n) is 8.14. The van der Waals surface area contributed by atoms with E-state index in [-0.39, 0.29) is 23.6 Å². The highest BCUT2D eigenvalue weighted by molar-refractivity contribution is 8.00. The maximum atomic E-state index is 12.5. The van der Waals surface area contributed by atoms with Crippen molar-refractivity contribution in [3.63, 3.8) is 0 Å². The van der Waals surface area contributed by atoms with Gasteiger partial charge in [0.2, 0.25) is 5.91 Å². The maximum Gasteiger partial charge on any atom is 0.232 e. The molecule has 1 aromatic carbocycles. The van der Waals surface area contributed by atoms with Gasteiger partial charge >= 0.3 is 0 Å². The van der Waals surface area contributed by atoms with Gasteiger partial charge in [0.15, 0.2) is 0 Å². The van der Waals surface area contributed by atoms with Gasteiger partial charge in [-0.25, -0.2) is 4.98 Å². The molecule has 5 nitrogen and oxygen atoms in total. The molecule has 0 bridgehead atoms. The van der Waals surface area contributed by atoms with Crippen LogP contribution in [0.25, 0.3) is 11.0 Å². The molecule has 0 saturated carbocycles. The minimum Gasteiger partial charge on any atom is -0.341 e. The molecule has 3 N–H and O–H groups in total. The van der Waals surface area contributed by atoms with E-state index in [0.29, 0.717) is 24.3 Å². The summed E-state index contributed by atoms with van der Waals surface area (Å²) in [7, 11) is 0. The van der Waals surface area contributed by atoms with Gasteiger partial charge in [0.25, 0.3) is 0 Å². The fourth-order valence-electron chi connectivity index (χ4n) is 3.18. The number of nitrogens with one attached hydrogen (secondary N) is 1. The van der Waals surface area contributed by atoms with Crippen LogP contribution in [0.15, 0.2) is 24.3 Å². The third-order valence-electron chi connectivity index (χ3n) is 4.56. The number of aromatic nitrogens is 2. The van der Waals surface area contributed by atoms with Gasteiger partial charge in [0.05, 0.1) is 22.0 Å². The summed E-state index contributed by atoms with van der Waals surface area (Å²) in [6.45, 7) is 5.67. The zero-order valence-corrected chi connectivity index (χ0v) is 15.7. The minimum atomic E-state index is 0. The number of likely N-dealkylation sites (tertiary alicyclic amines) is 1. The number of imidazole rings is 1. The number of halogens is 1. The molecule has 0 radical (unpaired) electrons. The van der Waals surface area contributed by atoms with Crippen LogP contribution in [0.2, 0.25) is 0 Å². The van der Waals surface area contributed by atoms with Gasteiger partial charge in [-0.3, -0.25) is 4.79 Å². The molecule has 0 spiro atoms. The van der Waals surface area contributed by atoms with E-state index in [9.17, 15) is 4.79 Å². The van der Waals surface area contributed by atoms with Gasteiger partial charge in [-0.05, 0) is 44.9 Å². The Balaban J connectivity index is 0.00000208. The number of carbonyl (C=O) groups is 1. The van der Waals surface area contributed by atoms with Crippen molar-refractivity contribution < 1.29 is 4.79 Å². The highest BCUT2D eigenvalue weighted by Gasteiger charge is 2.31. The second-order valence-electron chi connectivity index (χ2n) is 6.32. The van der Waals surface area contributed by atoms with Gasteiger partial charge in [-0.2, -0.15) is 0 Å². The molecule has 7 heteroatoms. The molecule has 3 unspecified atom stereocenters. The lowest BCUT2D eigenvalue weighted by Crippen LogP contribution is -2.35. The van der Waals surface area contributed by atoms with Crippen LogP contribution in [0, 0.1) is 5.92 Å². The minimum absolute atomic E-state index is 0. The highest BCUT2D eigenvalue weighted by Crippen LogP contribution is 2.29. The Morgan fingerprint density at radius 2 is 2.25 bits per heavy atom. The van der Waals surface area contributed by atoms with E-state index in [4.69, 9.17) is 5.73 Å². The van der Waals surface area contributed by atoms with E-state index < -0.39 is 0 Å². The number of para-hydroxylation sites is 2. The van der Waals surface area contributed by atoms with Crippen LogP contribution in [0.5, 0.6) is 0 Å². The quantitative estimate of drug-likeness (QED) is 0.850. The van der Waals surface area contributed by atoms with Crippen LogP contribution < -0.4 is 5.73 Å². The van der Waals surface area contributed by atoms with Crippen molar-refractivity contribution in [1.82, 2.24) is 14.9 Å². The Bertz CT molecular complexity index is 659. The highest BCUT2D eigenvalue weighted by atomic mass is 35.5. The zero-order valence-electron chi connectivity index (χ0n) is 14.1. The third kappa shape index (κ3) is 4.05. The van der Waals surface area contributed by atoms with Crippen molar-refractivity contribution in [3.8, 4) is 0 Å². The number of fused-ring (bicyclic) bond motifs is 1. The Kier molecular flexibility index (Phi) is 6.54. The summed E-state index contributed by atoms with van der Waals surface area (Å²) in [6.07, 6.45) is 1.02. The molecule has 1 fully saturated rings. The fourth-order valence-corrected chi connectivity index (χ4v) is 4.01. The number of H-pyrrole nitrogens is 1. The van der Waals surface area contributed by atoms with E-state index in [1.807, 2.05) is 29.2 Å². The lowest BCUT2D eigenvalue weighted by atomic mass is 10.1. The monoisotopic (exact) mass is 368 g/mol. The molecule has 132 valence electrons. The van der Waals surface area contributed by atoms with Crippen molar-refractivity contribution in [1.29, 1.82) is 0 Å². The van der Waals surface area contributed by atoms with Gasteiger partial charge in [0.1, 0.15) is 5.82 Å². The first-order valence-corrected chi connectivity index (χ1v) is 9.19. The molecule has 2 heterocycles. The summed E-state index contributed by atoms with van der Waals surface area (Å²) in [5.74, 6) is 2.08. The first kappa shape index (κ1) is 19.1. The van der Waals surface area contributed by atoms with Gasteiger partial charge in [-0.15, -0.1) is 24.2 Å². The van der Waals surface area contributed by atoms with Crippen LogP contribution in [-0.2, 0) is 4.79 Å². The predicted octanol–water partition coefficient (Wildman–Crippen LogP) is 2.97. The molecule has 1 aromatic heterocycles. The van der Waals surface area contributed by atoms with Crippen LogP contribution in [-0.4, -0.2) is 45.7 Å². The Morgan fingerprint density at radius 1 is 1.50 bits per heavy atom. The largest absolute Gasteiger partial charge is 0.341 e. The number of hydrogen-bond donors (Lipinski definition) is 2. The van der Waals surface area contributed by atoms with Crippen LogP contribution in [0.3, 0.4) is 0 Å². The van der Waals surface area contributed by atoms with Crippen LogP contribution in [0.4, 0.5) is 0 Å². The van der Waals surface area contributed by atoms with E-state index in [1.165, 1.54) is 0 Å². The van der Waals surface area contributed by atoms with E-state index in [1.54, 1.807) is 11.8 Å². The molecule has 0 aliphatic carbocycles. The smallest absolute Gasteiger partial charge is 0.232 e. The number of aromatic amines is 1. The number of thioether (sulfide) groups is 1. The summed E-state index contributed by atoms with van der Waals surface area (Å²) in [6, 6.07) is 8.30. The number of nitrogens with two attached hydrogens (primary N) is 1. The Labute approximate surface area is 153 Å². The lowest BCUT2D eigenvalue weighted by molar-refractivity contribution is -0.128. The molecule has 1 saturated heterocycles. The summed E-state index contributed by atoms with van der Waals surface area (Å²) in [4.78, 5) is 22.4. The number of nitrogens with zero attached hydrogens (tertiary/aromatic N) is 2. The van der Waals surface area contributed by atoms with Crippen molar-refractivity contribution in [2.24, 2.45) is 11.7 Å². The van der Waals surface area contributed by atoms with E-state index in [2.05, 4.69) is 23.8 Å². The topological polar surface area (TPSA) is 75.0 Å². The fraction of sp³-hybridized carbons (Fsp3) is 0.529. The van der Waals surface area contributed by atoms with E-state index in [0.717, 1.165) is 29.8 Å². The number of rotatable bonds is 5. The summed E-state index contributed by atoms with van der Waals surface area (Å²) >= 11 is 1.63. The van der Waals surface area contributed by atoms with Crippen LogP contribution in [0.1, 0.15) is 31.3 Å². The number of amides is 1. The average Bonchev–Trinajstić information content (AvgIpc) is 3.15. The first-order chi connectivity index (χ1) is 11.1. The molecule has 3 atom stereocenters. The van der Waals surface area contributed by atoms with Gasteiger partial charge in [-0.1, -0.05) is 12.1 Å². The molecule has 24 heavy (non-hydrogen) atoms. The predicted molar refractivity (Wildman–Crippen MR) is 103 cm³/mol. The zero-order chi connectivity index (χ0) is 16.4. The number of carbonyl (C=O) groups excluding carboxylic acids is 1. The molecule has 1 amide bonds. The summed E-state index contributed by atoms with van der Waals surface area (Å²) in [5, 5.41) is 0.162. The maximum absolute atomic E-state index is 12.5. The standard InChI is InChI=1S/C17H24N4OS.ClH/c1-11-7-13(8-18)9-21(11)16(22)10-23-12(2)17-19-14-5-3-4-6-15(14)20-17;/h3-6,11-13H,7-10,18H2,1-2H3,(H,19,20);1H. The summed E-state index contributed by atoms with van der Waals surface area (Å²) in [5.41, 5.74) is 7.75. The summed E-state index contributed by atoms with van der Waals surface area (Å²) < 4.78 is 0. The van der Waals surface area contributed by atoms with Crippen LogP contribution >= 0.6 is 24.2 Å². The van der Waals surface area contributed by atoms with Gasteiger partial charge < -0.3 is 15.6 Å². The molecule has 1 aliphatic rings. The Hall–Kier alpha value is -1.24. The molecular weight excluding hydrogens is 344 g/mol. The van der Waals surface area contributed by atoms with Crippen molar-refractivity contribution in [3.05, 3.63) is 30.1 Å². The number of hydrogen-bond acceptors (Lipinski definition) is 4. The number of benzene rings is 1. The molecule has 3 rings (SSSR count). The van der Waals surface area contributed by atoms with Crippen molar-refractivity contribution >= 4 is 41.1 Å². The Morgan fingerprint density at radius 3 is 2.92 bits per heavy atom. The second-order valence-corrected chi connectivity index (χ2v) is 7.65. The second kappa shape index (κ2) is 8.23.